The van der Waals surface area contributed by atoms with Crippen molar-refractivity contribution in [3.63, 3.8) is 0 Å². The number of rotatable bonds is 6. The van der Waals surface area contributed by atoms with Crippen LogP contribution in [0.4, 0.5) is 0 Å². The Morgan fingerprint density at radius 2 is 2.17 bits per heavy atom. The van der Waals surface area contributed by atoms with Gasteiger partial charge in [-0.2, -0.15) is 0 Å². The second-order valence-electron chi connectivity index (χ2n) is 4.37. The first-order valence-corrected chi connectivity index (χ1v) is 6.34. The van der Waals surface area contributed by atoms with E-state index in [0.717, 1.165) is 5.75 Å². The van der Waals surface area contributed by atoms with E-state index in [1.807, 2.05) is 32.9 Å². The lowest BCUT2D eigenvalue weighted by Gasteiger charge is -2.20. The van der Waals surface area contributed by atoms with Crippen molar-refractivity contribution < 1.29 is 9.53 Å². The van der Waals surface area contributed by atoms with Crippen LogP contribution in [0, 0.1) is 0 Å². The van der Waals surface area contributed by atoms with Crippen molar-refractivity contribution >= 4 is 5.91 Å². The molecule has 0 spiro atoms. The molecule has 0 aliphatic heterocycles. The predicted octanol–water partition coefficient (Wildman–Crippen LogP) is 1.89. The van der Waals surface area contributed by atoms with Gasteiger partial charge in [0.25, 0.3) is 5.91 Å². The van der Waals surface area contributed by atoms with E-state index < -0.39 is 0 Å². The Morgan fingerprint density at radius 1 is 1.44 bits per heavy atom. The van der Waals surface area contributed by atoms with E-state index in [1.54, 1.807) is 17.0 Å². The molecule has 1 aromatic rings. The van der Waals surface area contributed by atoms with E-state index in [9.17, 15) is 4.79 Å². The Bertz CT molecular complexity index is 391. The first-order chi connectivity index (χ1) is 8.58. The third-order valence-electron chi connectivity index (χ3n) is 2.52. The highest BCUT2D eigenvalue weighted by Gasteiger charge is 2.13. The first kappa shape index (κ1) is 14.5. The van der Waals surface area contributed by atoms with Gasteiger partial charge in [-0.25, -0.2) is 0 Å². The summed E-state index contributed by atoms with van der Waals surface area (Å²) in [6, 6.07) is 7.27. The molecule has 0 radical (unpaired) electrons. The summed E-state index contributed by atoms with van der Waals surface area (Å²) in [5, 5.41) is 0. The lowest BCUT2D eigenvalue weighted by atomic mass is 10.2. The van der Waals surface area contributed by atoms with Crippen LogP contribution >= 0.6 is 0 Å². The minimum atomic E-state index is -0.00263. The quantitative estimate of drug-likeness (QED) is 0.839. The second-order valence-corrected chi connectivity index (χ2v) is 4.37. The zero-order valence-corrected chi connectivity index (χ0v) is 11.3. The minimum absolute atomic E-state index is 0.00263. The third-order valence-corrected chi connectivity index (χ3v) is 2.52. The summed E-state index contributed by atoms with van der Waals surface area (Å²) in [6.45, 7) is 7.57. The van der Waals surface area contributed by atoms with Crippen molar-refractivity contribution in [3.8, 4) is 5.75 Å². The van der Waals surface area contributed by atoms with Gasteiger partial charge in [0.2, 0.25) is 0 Å². The van der Waals surface area contributed by atoms with Crippen molar-refractivity contribution in [2.75, 3.05) is 19.6 Å². The molecular weight excluding hydrogens is 228 g/mol. The van der Waals surface area contributed by atoms with Gasteiger partial charge in [0.1, 0.15) is 5.75 Å². The number of hydrogen-bond donors (Lipinski definition) is 1. The fraction of sp³-hybridized carbons (Fsp3) is 0.500. The van der Waals surface area contributed by atoms with Crippen molar-refractivity contribution in [1.29, 1.82) is 0 Å². The van der Waals surface area contributed by atoms with Gasteiger partial charge < -0.3 is 15.4 Å². The molecule has 0 aliphatic carbocycles. The second kappa shape index (κ2) is 7.01. The number of ether oxygens (including phenoxy) is 1. The van der Waals surface area contributed by atoms with E-state index >= 15 is 0 Å². The van der Waals surface area contributed by atoms with Crippen LogP contribution in [-0.4, -0.2) is 36.5 Å². The maximum Gasteiger partial charge on any atom is 0.254 e. The molecule has 1 aromatic carbocycles. The van der Waals surface area contributed by atoms with Gasteiger partial charge in [0.15, 0.2) is 0 Å². The third kappa shape index (κ3) is 4.04. The van der Waals surface area contributed by atoms with Crippen LogP contribution in [0.1, 0.15) is 31.1 Å². The molecule has 0 bridgehead atoms. The van der Waals surface area contributed by atoms with Crippen LogP contribution in [0.2, 0.25) is 0 Å². The normalized spacial score (nSPS) is 10.5. The van der Waals surface area contributed by atoms with Crippen LogP contribution in [-0.2, 0) is 0 Å². The fourth-order valence-electron chi connectivity index (χ4n) is 1.72. The standard InChI is InChI=1S/C14H22N2O2/c1-4-16(9-8-15)14(17)12-6-5-7-13(10-12)18-11(2)3/h5-7,10-11H,4,8-9,15H2,1-3H3. The molecule has 2 N–H and O–H groups in total. The molecule has 0 aliphatic rings. The highest BCUT2D eigenvalue weighted by atomic mass is 16.5. The van der Waals surface area contributed by atoms with Gasteiger partial charge in [-0.05, 0) is 39.0 Å². The van der Waals surface area contributed by atoms with Gasteiger partial charge >= 0.3 is 0 Å². The molecule has 0 atom stereocenters. The number of amides is 1. The summed E-state index contributed by atoms with van der Waals surface area (Å²) >= 11 is 0. The molecule has 1 rings (SSSR count). The van der Waals surface area contributed by atoms with Crippen molar-refractivity contribution in [2.45, 2.75) is 26.9 Å². The predicted molar refractivity (Wildman–Crippen MR) is 72.8 cm³/mol. The van der Waals surface area contributed by atoms with E-state index in [1.165, 1.54) is 0 Å². The molecule has 0 saturated carbocycles. The maximum atomic E-state index is 12.2. The summed E-state index contributed by atoms with van der Waals surface area (Å²) in [5.41, 5.74) is 6.14. The average Bonchev–Trinajstić information content (AvgIpc) is 2.34. The zero-order chi connectivity index (χ0) is 13.5. The smallest absolute Gasteiger partial charge is 0.254 e. The van der Waals surface area contributed by atoms with Gasteiger partial charge in [-0.15, -0.1) is 0 Å². The van der Waals surface area contributed by atoms with Crippen LogP contribution < -0.4 is 10.5 Å². The van der Waals surface area contributed by atoms with E-state index in [0.29, 0.717) is 25.2 Å². The molecule has 0 saturated heterocycles. The summed E-state index contributed by atoms with van der Waals surface area (Å²) in [6.07, 6.45) is 0.0988. The van der Waals surface area contributed by atoms with E-state index in [-0.39, 0.29) is 12.0 Å². The molecule has 0 aromatic heterocycles. The van der Waals surface area contributed by atoms with Gasteiger partial charge in [-0.3, -0.25) is 4.79 Å². The molecule has 0 unspecified atom stereocenters. The Kier molecular flexibility index (Phi) is 5.65. The topological polar surface area (TPSA) is 55.6 Å². The molecule has 0 fully saturated rings. The molecule has 18 heavy (non-hydrogen) atoms. The molecule has 4 nitrogen and oxygen atoms in total. The van der Waals surface area contributed by atoms with Crippen LogP contribution in [0.5, 0.6) is 5.75 Å². The van der Waals surface area contributed by atoms with Crippen LogP contribution in [0.15, 0.2) is 24.3 Å². The number of hydrogen-bond acceptors (Lipinski definition) is 3. The highest BCUT2D eigenvalue weighted by molar-refractivity contribution is 5.94. The maximum absolute atomic E-state index is 12.2. The van der Waals surface area contributed by atoms with Crippen molar-refractivity contribution in [2.24, 2.45) is 5.73 Å². The van der Waals surface area contributed by atoms with Crippen LogP contribution in [0.3, 0.4) is 0 Å². The number of benzene rings is 1. The number of nitrogens with two attached hydrogens (primary N) is 1. The van der Waals surface area contributed by atoms with Crippen molar-refractivity contribution in [1.82, 2.24) is 4.90 Å². The summed E-state index contributed by atoms with van der Waals surface area (Å²) in [4.78, 5) is 13.9. The lowest BCUT2D eigenvalue weighted by molar-refractivity contribution is 0.0768. The molecular formula is C14H22N2O2. The Balaban J connectivity index is 2.84. The SMILES string of the molecule is CCN(CCN)C(=O)c1cccc(OC(C)C)c1. The van der Waals surface area contributed by atoms with E-state index in [2.05, 4.69) is 0 Å². The molecule has 0 heterocycles. The number of likely N-dealkylation sites (N-methyl/N-ethyl adjacent to an activating group) is 1. The number of carbonyl (C=O) groups is 1. The van der Waals surface area contributed by atoms with Gasteiger partial charge in [0, 0.05) is 25.2 Å². The Labute approximate surface area is 109 Å². The largest absolute Gasteiger partial charge is 0.491 e. The lowest BCUT2D eigenvalue weighted by Crippen LogP contribution is -2.35. The van der Waals surface area contributed by atoms with Crippen molar-refractivity contribution in [3.05, 3.63) is 29.8 Å². The van der Waals surface area contributed by atoms with Crippen LogP contribution in [0.25, 0.3) is 0 Å². The zero-order valence-electron chi connectivity index (χ0n) is 11.3. The average molecular weight is 250 g/mol. The summed E-state index contributed by atoms with van der Waals surface area (Å²) in [7, 11) is 0. The van der Waals surface area contributed by atoms with E-state index in [4.69, 9.17) is 10.5 Å². The fourth-order valence-corrected chi connectivity index (χ4v) is 1.72. The minimum Gasteiger partial charge on any atom is -0.491 e. The van der Waals surface area contributed by atoms with Gasteiger partial charge in [0.05, 0.1) is 6.10 Å². The molecule has 4 heteroatoms. The summed E-state index contributed by atoms with van der Waals surface area (Å²) in [5.74, 6) is 0.719. The number of nitrogens with zero attached hydrogens (tertiary/aromatic N) is 1. The molecule has 100 valence electrons. The van der Waals surface area contributed by atoms with Gasteiger partial charge in [-0.1, -0.05) is 6.07 Å². The summed E-state index contributed by atoms with van der Waals surface area (Å²) < 4.78 is 5.58. The number of carbonyl (C=O) groups excluding carboxylic acids is 1. The molecule has 1 amide bonds. The highest BCUT2D eigenvalue weighted by Crippen LogP contribution is 2.16. The Hall–Kier alpha value is -1.55. The monoisotopic (exact) mass is 250 g/mol. The first-order valence-electron chi connectivity index (χ1n) is 6.34. The Morgan fingerprint density at radius 3 is 2.72 bits per heavy atom.